The zero-order chi connectivity index (χ0) is 25.0. The van der Waals surface area contributed by atoms with Crippen LogP contribution in [0.2, 0.25) is 10.0 Å². The summed E-state index contributed by atoms with van der Waals surface area (Å²) in [5.41, 5.74) is 1.44. The van der Waals surface area contributed by atoms with E-state index in [2.05, 4.69) is 12.0 Å². The number of benzene rings is 3. The fraction of sp³-hybridized carbons (Fsp3) is 0.240. The third-order valence-corrected chi connectivity index (χ3v) is 7.49. The van der Waals surface area contributed by atoms with E-state index in [1.54, 1.807) is 48.5 Å². The van der Waals surface area contributed by atoms with E-state index < -0.39 is 10.0 Å². The minimum absolute atomic E-state index is 0.0800. The number of rotatable bonds is 10. The molecule has 0 amide bonds. The molecule has 0 bridgehead atoms. The average Bonchev–Trinajstić information content (AvgIpc) is 3.22. The molecule has 4 aromatic rings. The zero-order valence-electron chi connectivity index (χ0n) is 19.2. The highest BCUT2D eigenvalue weighted by molar-refractivity contribution is 7.90. The van der Waals surface area contributed by atoms with Gasteiger partial charge in [0.1, 0.15) is 19.0 Å². The van der Waals surface area contributed by atoms with Crippen molar-refractivity contribution in [2.75, 3.05) is 20.3 Å². The van der Waals surface area contributed by atoms with Gasteiger partial charge in [-0.05, 0) is 54.4 Å². The molecular weight excluding hydrogens is 511 g/mol. The van der Waals surface area contributed by atoms with Crippen molar-refractivity contribution in [1.29, 1.82) is 0 Å². The largest absolute Gasteiger partial charge is 0.497 e. The van der Waals surface area contributed by atoms with Gasteiger partial charge < -0.3 is 14.2 Å². The molecule has 0 aliphatic rings. The van der Waals surface area contributed by atoms with Crippen molar-refractivity contribution < 1.29 is 22.6 Å². The number of methoxy groups -OCH3 is 1. The van der Waals surface area contributed by atoms with Gasteiger partial charge in [0.15, 0.2) is 5.75 Å². The molecule has 1 aromatic heterocycles. The van der Waals surface area contributed by atoms with Gasteiger partial charge in [0.05, 0.1) is 33.0 Å². The Hall–Kier alpha value is -2.94. The minimum atomic E-state index is -3.96. The highest BCUT2D eigenvalue weighted by Crippen LogP contribution is 2.33. The lowest BCUT2D eigenvalue weighted by Crippen LogP contribution is -2.15. The molecule has 1 heterocycles. The third-order valence-electron chi connectivity index (χ3n) is 5.30. The van der Waals surface area contributed by atoms with Crippen LogP contribution in [0.4, 0.5) is 0 Å². The molecular formula is C25H24Cl2N2O5S. The molecule has 0 aliphatic heterocycles. The van der Waals surface area contributed by atoms with Crippen LogP contribution in [0.3, 0.4) is 0 Å². The Balaban J connectivity index is 1.62. The predicted molar refractivity (Wildman–Crippen MR) is 137 cm³/mol. The van der Waals surface area contributed by atoms with Gasteiger partial charge >= 0.3 is 0 Å². The van der Waals surface area contributed by atoms with Gasteiger partial charge in [-0.2, -0.15) is 8.42 Å². The number of ether oxygens (including phenoxy) is 3. The summed E-state index contributed by atoms with van der Waals surface area (Å²) < 4.78 is 44.6. The van der Waals surface area contributed by atoms with Crippen LogP contribution in [-0.4, -0.2) is 37.9 Å². The van der Waals surface area contributed by atoms with E-state index in [0.717, 1.165) is 22.5 Å². The number of fused-ring (bicyclic) bond motifs is 1. The van der Waals surface area contributed by atoms with Crippen molar-refractivity contribution in [2.24, 2.45) is 0 Å². The Morgan fingerprint density at radius 2 is 1.63 bits per heavy atom. The van der Waals surface area contributed by atoms with Gasteiger partial charge in [0, 0.05) is 0 Å². The Kier molecular flexibility index (Phi) is 7.74. The second-order valence-electron chi connectivity index (χ2n) is 7.68. The smallest absolute Gasteiger partial charge is 0.283 e. The number of para-hydroxylation sites is 1. The molecule has 0 atom stereocenters. The molecule has 10 heteroatoms. The first-order chi connectivity index (χ1) is 16.8. The summed E-state index contributed by atoms with van der Waals surface area (Å²) in [6.45, 7) is 2.27. The highest BCUT2D eigenvalue weighted by Gasteiger charge is 2.24. The molecule has 0 saturated carbocycles. The topological polar surface area (TPSA) is 79.7 Å². The second-order valence-corrected chi connectivity index (χ2v) is 10.3. The summed E-state index contributed by atoms with van der Waals surface area (Å²) in [6.07, 6.45) is 1.86. The van der Waals surface area contributed by atoms with Gasteiger partial charge in [-0.3, -0.25) is 0 Å². The fourth-order valence-electron chi connectivity index (χ4n) is 3.58. The lowest BCUT2D eigenvalue weighted by molar-refractivity contribution is 0.213. The molecule has 35 heavy (non-hydrogen) atoms. The molecule has 0 unspecified atom stereocenters. The molecule has 4 rings (SSSR count). The molecule has 0 spiro atoms. The summed E-state index contributed by atoms with van der Waals surface area (Å²) >= 11 is 12.3. The Bertz CT molecular complexity index is 1420. The highest BCUT2D eigenvalue weighted by atomic mass is 35.5. The van der Waals surface area contributed by atoms with Gasteiger partial charge in [-0.15, -0.1) is 9.19 Å². The van der Waals surface area contributed by atoms with E-state index in [9.17, 15) is 8.42 Å². The van der Waals surface area contributed by atoms with Gasteiger partial charge in [-0.1, -0.05) is 54.7 Å². The monoisotopic (exact) mass is 534 g/mol. The summed E-state index contributed by atoms with van der Waals surface area (Å²) in [6, 6.07) is 16.9. The average molecular weight is 535 g/mol. The first kappa shape index (κ1) is 25.2. The van der Waals surface area contributed by atoms with Gasteiger partial charge in [-0.25, -0.2) is 0 Å². The SMILES string of the molecule is CCCc1ccc(S(=O)(=O)n2nc(OCCOc3c(Cl)cccc3Cl)c3cc(OC)ccc32)cc1. The van der Waals surface area contributed by atoms with E-state index in [-0.39, 0.29) is 24.0 Å². The van der Waals surface area contributed by atoms with Crippen LogP contribution in [0.15, 0.2) is 65.6 Å². The number of aromatic nitrogens is 2. The Morgan fingerprint density at radius 1 is 0.943 bits per heavy atom. The van der Waals surface area contributed by atoms with E-state index in [1.807, 2.05) is 12.1 Å². The van der Waals surface area contributed by atoms with Crippen LogP contribution >= 0.6 is 23.2 Å². The van der Waals surface area contributed by atoms with Crippen molar-refractivity contribution in [2.45, 2.75) is 24.7 Å². The molecule has 0 saturated heterocycles. The van der Waals surface area contributed by atoms with Crippen LogP contribution in [0.5, 0.6) is 17.4 Å². The Labute approximate surface area is 214 Å². The van der Waals surface area contributed by atoms with E-state index in [4.69, 9.17) is 37.4 Å². The van der Waals surface area contributed by atoms with Crippen LogP contribution in [0, 0.1) is 0 Å². The lowest BCUT2D eigenvalue weighted by atomic mass is 10.1. The third kappa shape index (κ3) is 5.34. The van der Waals surface area contributed by atoms with Crippen molar-refractivity contribution in [1.82, 2.24) is 9.19 Å². The molecule has 184 valence electrons. The van der Waals surface area contributed by atoms with Gasteiger partial charge in [0.25, 0.3) is 10.0 Å². The van der Waals surface area contributed by atoms with Crippen molar-refractivity contribution >= 4 is 44.1 Å². The summed E-state index contributed by atoms with van der Waals surface area (Å²) in [4.78, 5) is 0.140. The first-order valence-corrected chi connectivity index (χ1v) is 13.2. The molecule has 0 N–H and O–H groups in total. The molecule has 0 radical (unpaired) electrons. The van der Waals surface area contributed by atoms with Crippen LogP contribution in [0.1, 0.15) is 18.9 Å². The molecule has 3 aromatic carbocycles. The van der Waals surface area contributed by atoms with E-state index >= 15 is 0 Å². The maximum Gasteiger partial charge on any atom is 0.283 e. The van der Waals surface area contributed by atoms with Crippen molar-refractivity contribution in [3.63, 3.8) is 0 Å². The second kappa shape index (κ2) is 10.8. The minimum Gasteiger partial charge on any atom is -0.497 e. The van der Waals surface area contributed by atoms with Crippen molar-refractivity contribution in [3.05, 3.63) is 76.3 Å². The van der Waals surface area contributed by atoms with E-state index in [0.29, 0.717) is 32.4 Å². The van der Waals surface area contributed by atoms with E-state index in [1.165, 1.54) is 7.11 Å². The number of aryl methyl sites for hydroxylation is 1. The maximum absolute atomic E-state index is 13.4. The quantitative estimate of drug-likeness (QED) is 0.232. The first-order valence-electron chi connectivity index (χ1n) is 11.0. The Morgan fingerprint density at radius 3 is 2.29 bits per heavy atom. The summed E-state index contributed by atoms with van der Waals surface area (Å²) in [7, 11) is -2.43. The van der Waals surface area contributed by atoms with Crippen LogP contribution in [0.25, 0.3) is 10.9 Å². The predicted octanol–water partition coefficient (Wildman–Crippen LogP) is 6.00. The summed E-state index contributed by atoms with van der Waals surface area (Å²) in [5, 5.41) is 5.55. The number of halogens is 2. The zero-order valence-corrected chi connectivity index (χ0v) is 21.5. The van der Waals surface area contributed by atoms with Gasteiger partial charge in [0.2, 0.25) is 5.88 Å². The maximum atomic E-state index is 13.4. The lowest BCUT2D eigenvalue weighted by Gasteiger charge is -2.10. The number of nitrogens with zero attached hydrogens (tertiary/aromatic N) is 2. The van der Waals surface area contributed by atoms with Crippen LogP contribution < -0.4 is 14.2 Å². The molecule has 0 aliphatic carbocycles. The summed E-state index contributed by atoms with van der Waals surface area (Å²) in [5.74, 6) is 1.03. The fourth-order valence-corrected chi connectivity index (χ4v) is 5.37. The molecule has 7 nitrogen and oxygen atoms in total. The normalized spacial score (nSPS) is 11.5. The van der Waals surface area contributed by atoms with Crippen LogP contribution in [-0.2, 0) is 16.4 Å². The number of hydrogen-bond acceptors (Lipinski definition) is 6. The molecule has 0 fully saturated rings. The standard InChI is InChI=1S/C25H24Cl2N2O5S/c1-3-5-17-8-11-19(12-9-17)35(30,31)29-23-13-10-18(32-2)16-20(23)25(28-29)34-15-14-33-24-21(26)6-4-7-22(24)27/h4,6-13,16H,3,5,14-15H2,1-2H3. The number of hydrogen-bond donors (Lipinski definition) is 0. The van der Waals surface area contributed by atoms with Crippen molar-refractivity contribution in [3.8, 4) is 17.4 Å².